The molecule has 2 heterocycles. The van der Waals surface area contributed by atoms with Crippen molar-refractivity contribution in [1.82, 2.24) is 15.6 Å². The number of carbonyl (C=O) groups excluding carboxylic acids is 1. The summed E-state index contributed by atoms with van der Waals surface area (Å²) in [5, 5.41) is 14.3. The molecule has 0 radical (unpaired) electrons. The zero-order chi connectivity index (χ0) is 23.5. The molecule has 1 amide bonds. The molecule has 8 heteroatoms. The Hall–Kier alpha value is -4.07. The van der Waals surface area contributed by atoms with E-state index in [0.29, 0.717) is 31.5 Å². The lowest BCUT2D eigenvalue weighted by Crippen LogP contribution is -2.17. The number of fused-ring (bicyclic) bond motifs is 1. The molecule has 0 aliphatic rings. The van der Waals surface area contributed by atoms with Crippen molar-refractivity contribution in [2.45, 2.75) is 0 Å². The van der Waals surface area contributed by atoms with E-state index in [4.69, 9.17) is 17.3 Å². The number of amides is 1. The Kier molecular flexibility index (Phi) is 6.03. The molecule has 0 aliphatic carbocycles. The topological polar surface area (TPSA) is 93.3 Å². The predicted molar refractivity (Wildman–Crippen MR) is 139 cm³/mol. The number of hydrogen-bond donors (Lipinski definition) is 2. The number of carbonyl (C=O) groups is 1. The molecule has 5 rings (SSSR count). The number of benzene rings is 3. The van der Waals surface area contributed by atoms with Gasteiger partial charge in [0.1, 0.15) is 15.4 Å². The van der Waals surface area contributed by atoms with Crippen LogP contribution in [0.1, 0.15) is 15.2 Å². The highest BCUT2D eigenvalue weighted by atomic mass is 35.5. The number of anilines is 1. The van der Waals surface area contributed by atoms with E-state index in [9.17, 15) is 4.79 Å². The van der Waals surface area contributed by atoms with Gasteiger partial charge in [-0.2, -0.15) is 5.10 Å². The SMILES string of the molecule is Nc1c(C(=O)N/N=C/c2ccc(Cl)cc2)sc2nnc(-c3ccccc3)c(-c3ccccc3)c12. The third kappa shape index (κ3) is 4.26. The first kappa shape index (κ1) is 21.8. The molecule has 5 aromatic rings. The van der Waals surface area contributed by atoms with Gasteiger partial charge in [-0.1, -0.05) is 84.4 Å². The lowest BCUT2D eigenvalue weighted by molar-refractivity contribution is 0.0960. The van der Waals surface area contributed by atoms with Gasteiger partial charge in [-0.3, -0.25) is 4.79 Å². The van der Waals surface area contributed by atoms with Crippen molar-refractivity contribution in [3.8, 4) is 22.4 Å². The van der Waals surface area contributed by atoms with Crippen molar-refractivity contribution in [2.75, 3.05) is 5.73 Å². The van der Waals surface area contributed by atoms with E-state index in [-0.39, 0.29) is 0 Å². The minimum atomic E-state index is -0.411. The molecule has 2 aromatic heterocycles. The van der Waals surface area contributed by atoms with Crippen LogP contribution in [0.15, 0.2) is 90.0 Å². The highest BCUT2D eigenvalue weighted by molar-refractivity contribution is 7.21. The Morgan fingerprint density at radius 2 is 1.56 bits per heavy atom. The highest BCUT2D eigenvalue weighted by Gasteiger charge is 2.23. The van der Waals surface area contributed by atoms with Crippen LogP contribution in [0.4, 0.5) is 5.69 Å². The molecule has 3 N–H and O–H groups in total. The van der Waals surface area contributed by atoms with Crippen LogP contribution >= 0.6 is 22.9 Å². The van der Waals surface area contributed by atoms with Gasteiger partial charge in [-0.25, -0.2) is 5.43 Å². The van der Waals surface area contributed by atoms with Crippen molar-refractivity contribution in [3.05, 3.63) is 100 Å². The van der Waals surface area contributed by atoms with Gasteiger partial charge in [0.05, 0.1) is 11.9 Å². The van der Waals surface area contributed by atoms with Crippen molar-refractivity contribution < 1.29 is 4.79 Å². The molecule has 0 aliphatic heterocycles. The van der Waals surface area contributed by atoms with Crippen molar-refractivity contribution in [2.24, 2.45) is 5.10 Å². The number of thiophene rings is 1. The lowest BCUT2D eigenvalue weighted by Gasteiger charge is -2.11. The number of nitrogens with one attached hydrogen (secondary N) is 1. The van der Waals surface area contributed by atoms with Crippen LogP contribution in [0.5, 0.6) is 0 Å². The molecule has 34 heavy (non-hydrogen) atoms. The Labute approximate surface area is 204 Å². The molecule has 6 nitrogen and oxygen atoms in total. The molecular formula is C26H18ClN5OS. The smallest absolute Gasteiger partial charge is 0.283 e. The summed E-state index contributed by atoms with van der Waals surface area (Å²) < 4.78 is 0. The number of hydrogen-bond acceptors (Lipinski definition) is 6. The van der Waals surface area contributed by atoms with Crippen LogP contribution in [0.2, 0.25) is 5.02 Å². The Morgan fingerprint density at radius 1 is 0.912 bits per heavy atom. The van der Waals surface area contributed by atoms with E-state index in [1.807, 2.05) is 60.7 Å². The van der Waals surface area contributed by atoms with E-state index < -0.39 is 5.91 Å². The lowest BCUT2D eigenvalue weighted by atomic mass is 9.96. The van der Waals surface area contributed by atoms with Gasteiger partial charge in [-0.15, -0.1) is 21.5 Å². The molecule has 0 atom stereocenters. The highest BCUT2D eigenvalue weighted by Crippen LogP contribution is 2.42. The first-order valence-electron chi connectivity index (χ1n) is 10.4. The molecule has 166 valence electrons. The number of hydrazone groups is 1. The summed E-state index contributed by atoms with van der Waals surface area (Å²) in [4.78, 5) is 13.8. The summed E-state index contributed by atoms with van der Waals surface area (Å²) in [5.74, 6) is -0.411. The molecule has 0 bridgehead atoms. The van der Waals surface area contributed by atoms with E-state index in [1.165, 1.54) is 11.3 Å². The zero-order valence-electron chi connectivity index (χ0n) is 17.8. The van der Waals surface area contributed by atoms with Crippen LogP contribution in [0, 0.1) is 0 Å². The fourth-order valence-electron chi connectivity index (χ4n) is 3.62. The predicted octanol–water partition coefficient (Wildman–Crippen LogP) is 6.02. The minimum absolute atomic E-state index is 0.333. The molecular weight excluding hydrogens is 466 g/mol. The maximum Gasteiger partial charge on any atom is 0.283 e. The summed E-state index contributed by atoms with van der Waals surface area (Å²) in [6, 6.07) is 26.8. The summed E-state index contributed by atoms with van der Waals surface area (Å²) in [7, 11) is 0. The fourth-order valence-corrected chi connectivity index (χ4v) is 4.69. The maximum absolute atomic E-state index is 12.9. The molecule has 0 saturated heterocycles. The van der Waals surface area contributed by atoms with E-state index >= 15 is 0 Å². The van der Waals surface area contributed by atoms with E-state index in [1.54, 1.807) is 30.5 Å². The zero-order valence-corrected chi connectivity index (χ0v) is 19.3. The van der Waals surface area contributed by atoms with Crippen LogP contribution in [-0.4, -0.2) is 22.3 Å². The Bertz CT molecular complexity index is 1500. The normalized spacial score (nSPS) is 11.2. The van der Waals surface area contributed by atoms with Gasteiger partial charge < -0.3 is 5.73 Å². The molecule has 3 aromatic carbocycles. The second kappa shape index (κ2) is 9.43. The van der Waals surface area contributed by atoms with Gasteiger partial charge in [0.2, 0.25) is 0 Å². The van der Waals surface area contributed by atoms with Gasteiger partial charge >= 0.3 is 0 Å². The summed E-state index contributed by atoms with van der Waals surface area (Å²) in [5.41, 5.74) is 13.7. The van der Waals surface area contributed by atoms with Gasteiger partial charge in [-0.05, 0) is 23.3 Å². The Balaban J connectivity index is 1.57. The van der Waals surface area contributed by atoms with Crippen LogP contribution < -0.4 is 11.2 Å². The van der Waals surface area contributed by atoms with E-state index in [0.717, 1.165) is 22.3 Å². The molecule has 0 saturated carbocycles. The number of aromatic nitrogens is 2. The van der Waals surface area contributed by atoms with Crippen molar-refractivity contribution in [3.63, 3.8) is 0 Å². The summed E-state index contributed by atoms with van der Waals surface area (Å²) in [6.07, 6.45) is 1.54. The van der Waals surface area contributed by atoms with Gasteiger partial charge in [0.25, 0.3) is 5.91 Å². The summed E-state index contributed by atoms with van der Waals surface area (Å²) >= 11 is 7.09. The number of nitrogen functional groups attached to an aromatic ring is 1. The number of nitrogens with two attached hydrogens (primary N) is 1. The van der Waals surface area contributed by atoms with Crippen molar-refractivity contribution in [1.29, 1.82) is 0 Å². The second-order valence-electron chi connectivity index (χ2n) is 7.43. The average Bonchev–Trinajstić information content (AvgIpc) is 3.22. The van der Waals surface area contributed by atoms with Crippen LogP contribution in [-0.2, 0) is 0 Å². The summed E-state index contributed by atoms with van der Waals surface area (Å²) in [6.45, 7) is 0. The number of rotatable bonds is 5. The molecule has 0 spiro atoms. The van der Waals surface area contributed by atoms with Crippen LogP contribution in [0.3, 0.4) is 0 Å². The van der Waals surface area contributed by atoms with Crippen molar-refractivity contribution >= 4 is 51.0 Å². The number of halogens is 1. The number of nitrogens with zero attached hydrogens (tertiary/aromatic N) is 3. The first-order valence-corrected chi connectivity index (χ1v) is 11.6. The van der Waals surface area contributed by atoms with E-state index in [2.05, 4.69) is 20.7 Å². The first-order chi connectivity index (χ1) is 16.6. The van der Waals surface area contributed by atoms with Crippen LogP contribution in [0.25, 0.3) is 32.6 Å². The van der Waals surface area contributed by atoms with Gasteiger partial charge in [0, 0.05) is 21.5 Å². The van der Waals surface area contributed by atoms with Gasteiger partial charge in [0.15, 0.2) is 0 Å². The standard InChI is InChI=1S/C26H18ClN5OS/c27-19-13-11-16(12-14-19)15-29-31-25(33)24-22(28)21-20(17-7-3-1-4-8-17)23(30-32-26(21)34-24)18-9-5-2-6-10-18/h1-15H,28H2,(H,31,33)/b29-15+. The monoisotopic (exact) mass is 483 g/mol. The molecule has 0 unspecified atom stereocenters. The largest absolute Gasteiger partial charge is 0.397 e. The fraction of sp³-hybridized carbons (Fsp3) is 0. The maximum atomic E-state index is 12.9. The second-order valence-corrected chi connectivity index (χ2v) is 8.87. The average molecular weight is 484 g/mol. The molecule has 0 fully saturated rings. The minimum Gasteiger partial charge on any atom is -0.397 e. The Morgan fingerprint density at radius 3 is 2.24 bits per heavy atom. The quantitative estimate of drug-likeness (QED) is 0.236. The third-order valence-corrected chi connectivity index (χ3v) is 6.56. The third-order valence-electron chi connectivity index (χ3n) is 5.22.